The first-order valence-electron chi connectivity index (χ1n) is 16.4. The van der Waals surface area contributed by atoms with Gasteiger partial charge in [-0.15, -0.1) is 0 Å². The number of aliphatic hydroxyl groups is 9. The number of aromatic hydroxyl groups is 3. The van der Waals surface area contributed by atoms with Gasteiger partial charge < -0.3 is 94.1 Å². The van der Waals surface area contributed by atoms with E-state index in [9.17, 15) is 66.1 Å². The van der Waals surface area contributed by atoms with Crippen LogP contribution in [0.1, 0.15) is 6.92 Å². The first-order valence-corrected chi connectivity index (χ1v) is 16.4. The van der Waals surface area contributed by atoms with Crippen molar-refractivity contribution in [2.24, 2.45) is 0 Å². The number of aliphatic hydroxyl groups excluding tert-OH is 9. The molecule has 2 aromatic carbocycles. The monoisotopic (exact) mass is 756 g/mol. The molecule has 20 heteroatoms. The molecule has 292 valence electrons. The Hall–Kier alpha value is -3.71. The van der Waals surface area contributed by atoms with Gasteiger partial charge in [0.05, 0.1) is 19.3 Å². The van der Waals surface area contributed by atoms with E-state index < -0.39 is 133 Å². The summed E-state index contributed by atoms with van der Waals surface area (Å²) in [5.74, 6) is -2.26. The molecular formula is C33H40O20. The first-order chi connectivity index (χ1) is 25.1. The molecule has 20 nitrogen and oxygen atoms in total. The van der Waals surface area contributed by atoms with Crippen LogP contribution in [0.5, 0.6) is 23.0 Å². The van der Waals surface area contributed by atoms with Crippen LogP contribution < -0.4 is 10.2 Å². The highest BCUT2D eigenvalue weighted by molar-refractivity contribution is 5.88. The standard InChI is InChI=1S/C33H40O20/c1-10-27(51-32-25(45)22(42)19(39)16(8-34)49-32)24(44)26(46)31(47-10)53-30-23(43)20(40)17(9-35)50-33(30)52-29-21(41)18-14(38)6-13(37)7-15(18)48-28(29)11-2-4-12(36)5-3-11/h2-7,10,16-17,19-20,22-27,30-40,42-46H,8-9H2,1H3/t10?,16?,17?,19-,20-,22+,23+,24?,25?,26+,27+,30?,31+,32+,33+/m1/s1. The third kappa shape index (κ3) is 7.39. The molecule has 3 fully saturated rings. The average Bonchev–Trinajstić information content (AvgIpc) is 3.12. The lowest BCUT2D eigenvalue weighted by Gasteiger charge is -2.47. The van der Waals surface area contributed by atoms with Crippen molar-refractivity contribution in [2.45, 2.75) is 99.0 Å². The van der Waals surface area contributed by atoms with Gasteiger partial charge in [0.1, 0.15) is 89.3 Å². The summed E-state index contributed by atoms with van der Waals surface area (Å²) in [6.45, 7) is -0.271. The minimum Gasteiger partial charge on any atom is -0.508 e. The van der Waals surface area contributed by atoms with Crippen molar-refractivity contribution in [3.63, 3.8) is 0 Å². The van der Waals surface area contributed by atoms with Gasteiger partial charge in [-0.1, -0.05) is 0 Å². The van der Waals surface area contributed by atoms with E-state index in [4.69, 9.17) is 32.8 Å². The number of ether oxygens (including phenoxy) is 6. The Bertz CT molecular complexity index is 1780. The molecule has 0 radical (unpaired) electrons. The van der Waals surface area contributed by atoms with E-state index in [1.165, 1.54) is 31.2 Å². The number of benzene rings is 2. The zero-order valence-electron chi connectivity index (χ0n) is 27.7. The molecule has 3 aliphatic rings. The second kappa shape index (κ2) is 15.6. The lowest BCUT2D eigenvalue weighted by molar-refractivity contribution is -0.376. The molecule has 0 aliphatic carbocycles. The van der Waals surface area contributed by atoms with Gasteiger partial charge in [0.25, 0.3) is 0 Å². The molecular weight excluding hydrogens is 716 g/mol. The molecule has 0 spiro atoms. The maximum Gasteiger partial charge on any atom is 0.239 e. The lowest BCUT2D eigenvalue weighted by Crippen LogP contribution is -2.66. The van der Waals surface area contributed by atoms with E-state index in [2.05, 4.69) is 0 Å². The van der Waals surface area contributed by atoms with E-state index >= 15 is 0 Å². The quantitative estimate of drug-likeness (QED) is 0.100. The number of phenols is 3. The summed E-state index contributed by atoms with van der Waals surface area (Å²) in [7, 11) is 0. The molecule has 3 aromatic rings. The fraction of sp³-hybridized carbons (Fsp3) is 0.545. The molecule has 0 amide bonds. The second-order valence-corrected chi connectivity index (χ2v) is 12.9. The maximum absolute atomic E-state index is 13.9. The molecule has 12 N–H and O–H groups in total. The highest BCUT2D eigenvalue weighted by Crippen LogP contribution is 2.39. The largest absolute Gasteiger partial charge is 0.508 e. The Morgan fingerprint density at radius 1 is 0.642 bits per heavy atom. The van der Waals surface area contributed by atoms with Crippen LogP contribution >= 0.6 is 0 Å². The Morgan fingerprint density at radius 3 is 1.83 bits per heavy atom. The van der Waals surface area contributed by atoms with E-state index in [1.807, 2.05) is 0 Å². The SMILES string of the molecule is CC1O[C@@H](OC2[C@H](Oc3c(-c4ccc(O)cc4)oc4cc(O)cc(O)c4c3=O)OC(CO)[C@@H](O)[C@@H]2O)[C@@H](O)C(O)[C@H]1O[C@@H]1OC(CO)[C@@H](O)[C@H](O)C1O. The van der Waals surface area contributed by atoms with E-state index in [-0.39, 0.29) is 22.7 Å². The van der Waals surface area contributed by atoms with Crippen molar-refractivity contribution >= 4 is 11.0 Å². The van der Waals surface area contributed by atoms with Gasteiger partial charge in [0.2, 0.25) is 17.5 Å². The third-order valence-electron chi connectivity index (χ3n) is 9.31. The van der Waals surface area contributed by atoms with Crippen LogP contribution in [-0.4, -0.2) is 167 Å². The van der Waals surface area contributed by atoms with Gasteiger partial charge in [-0.25, -0.2) is 0 Å². The smallest absolute Gasteiger partial charge is 0.239 e. The van der Waals surface area contributed by atoms with Crippen molar-refractivity contribution in [1.82, 2.24) is 0 Å². The van der Waals surface area contributed by atoms with Crippen LogP contribution in [-0.2, 0) is 23.7 Å². The summed E-state index contributed by atoms with van der Waals surface area (Å²) in [5.41, 5.74) is -1.15. The van der Waals surface area contributed by atoms with Crippen molar-refractivity contribution in [1.29, 1.82) is 0 Å². The Kier molecular flexibility index (Phi) is 11.5. The van der Waals surface area contributed by atoms with Crippen molar-refractivity contribution in [3.05, 3.63) is 46.6 Å². The number of fused-ring (bicyclic) bond motifs is 1. The molecule has 4 heterocycles. The molecule has 3 saturated heterocycles. The topological polar surface area (TPSA) is 328 Å². The van der Waals surface area contributed by atoms with E-state index in [0.717, 1.165) is 12.1 Å². The normalized spacial score (nSPS) is 37.8. The van der Waals surface area contributed by atoms with Crippen LogP contribution in [0.3, 0.4) is 0 Å². The lowest BCUT2D eigenvalue weighted by atomic mass is 9.96. The molecule has 6 rings (SSSR count). The summed E-state index contributed by atoms with van der Waals surface area (Å²) in [5, 5.41) is 124. The fourth-order valence-electron chi connectivity index (χ4n) is 6.39. The number of phenolic OH excluding ortho intramolecular Hbond substituents is 3. The Morgan fingerprint density at radius 2 is 1.19 bits per heavy atom. The van der Waals surface area contributed by atoms with Gasteiger partial charge in [0.15, 0.2) is 24.4 Å². The molecule has 53 heavy (non-hydrogen) atoms. The third-order valence-corrected chi connectivity index (χ3v) is 9.31. The molecule has 6 unspecified atom stereocenters. The number of hydrogen-bond acceptors (Lipinski definition) is 20. The van der Waals surface area contributed by atoms with Crippen LogP contribution in [0.2, 0.25) is 0 Å². The van der Waals surface area contributed by atoms with Crippen molar-refractivity contribution in [3.8, 4) is 34.3 Å². The summed E-state index contributed by atoms with van der Waals surface area (Å²) in [6.07, 6.45) is -26.0. The first kappa shape index (κ1) is 39.0. The number of rotatable bonds is 9. The van der Waals surface area contributed by atoms with Crippen LogP contribution in [0.15, 0.2) is 45.6 Å². The molecule has 1 aromatic heterocycles. The van der Waals surface area contributed by atoms with Crippen LogP contribution in [0.25, 0.3) is 22.3 Å². The second-order valence-electron chi connectivity index (χ2n) is 12.9. The van der Waals surface area contributed by atoms with Gasteiger partial charge >= 0.3 is 0 Å². The summed E-state index contributed by atoms with van der Waals surface area (Å²) in [6, 6.07) is 7.14. The van der Waals surface area contributed by atoms with Crippen LogP contribution in [0, 0.1) is 0 Å². The van der Waals surface area contributed by atoms with Gasteiger partial charge in [-0.05, 0) is 31.2 Å². The predicted octanol–water partition coefficient (Wildman–Crippen LogP) is -3.57. The summed E-state index contributed by atoms with van der Waals surface area (Å²) < 4.78 is 40.1. The zero-order valence-corrected chi connectivity index (χ0v) is 27.7. The van der Waals surface area contributed by atoms with Crippen LogP contribution in [0.4, 0.5) is 0 Å². The highest BCUT2D eigenvalue weighted by Gasteiger charge is 2.53. The summed E-state index contributed by atoms with van der Waals surface area (Å²) in [4.78, 5) is 13.9. The minimum atomic E-state index is -2.01. The van der Waals surface area contributed by atoms with Crippen molar-refractivity contribution in [2.75, 3.05) is 13.2 Å². The molecule has 15 atom stereocenters. The zero-order chi connectivity index (χ0) is 38.5. The summed E-state index contributed by atoms with van der Waals surface area (Å²) >= 11 is 0. The maximum atomic E-state index is 13.9. The predicted molar refractivity (Wildman–Crippen MR) is 171 cm³/mol. The number of hydrogen-bond donors (Lipinski definition) is 12. The molecule has 0 saturated carbocycles. The average molecular weight is 757 g/mol. The van der Waals surface area contributed by atoms with Gasteiger partial charge in [-0.3, -0.25) is 4.79 Å². The van der Waals surface area contributed by atoms with E-state index in [1.54, 1.807) is 0 Å². The van der Waals surface area contributed by atoms with E-state index in [0.29, 0.717) is 0 Å². The Balaban J connectivity index is 1.30. The van der Waals surface area contributed by atoms with Crippen molar-refractivity contribution < 1.29 is 94.1 Å². The van der Waals surface area contributed by atoms with Gasteiger partial charge in [0, 0.05) is 17.7 Å². The molecule has 0 bridgehead atoms. The Labute approximate surface area is 298 Å². The molecule has 3 aliphatic heterocycles. The fourth-order valence-corrected chi connectivity index (χ4v) is 6.39. The highest BCUT2D eigenvalue weighted by atomic mass is 16.8. The van der Waals surface area contributed by atoms with Gasteiger partial charge in [-0.2, -0.15) is 0 Å². The minimum absolute atomic E-state index is 0.139.